The number of likely N-dealkylation sites (N-methyl/N-ethyl adjacent to an activating group) is 1. The fourth-order valence-electron chi connectivity index (χ4n) is 1.61. The van der Waals surface area contributed by atoms with Crippen LogP contribution in [-0.4, -0.2) is 24.3 Å². The molecule has 0 spiro atoms. The molecule has 0 radical (unpaired) electrons. The zero-order valence-electron chi connectivity index (χ0n) is 10.7. The minimum atomic E-state index is -0.230. The van der Waals surface area contributed by atoms with Crippen LogP contribution >= 0.6 is 0 Å². The maximum atomic E-state index is 12.7. The number of rotatable bonds is 6. The molecule has 3 heteroatoms. The number of nitrogens with zero attached hydrogens (tertiary/aromatic N) is 1. The van der Waals surface area contributed by atoms with Gasteiger partial charge < -0.3 is 0 Å². The topological polar surface area (TPSA) is 20.3 Å². The Kier molecular flexibility index (Phi) is 5.29. The first-order chi connectivity index (χ1) is 8.02. The largest absolute Gasteiger partial charge is 0.298 e. The van der Waals surface area contributed by atoms with Gasteiger partial charge in [0.05, 0.1) is 6.54 Å². The number of hydrogen-bond acceptors (Lipinski definition) is 2. The fourth-order valence-corrected chi connectivity index (χ4v) is 1.61. The molecular weight excluding hydrogens is 217 g/mol. The maximum Gasteiger partial charge on any atom is 0.149 e. The molecule has 1 rings (SSSR count). The Morgan fingerprint density at radius 2 is 1.94 bits per heavy atom. The first kappa shape index (κ1) is 13.8. The molecule has 0 bridgehead atoms. The molecule has 0 aromatic heterocycles. The van der Waals surface area contributed by atoms with E-state index in [0.717, 1.165) is 12.0 Å². The van der Waals surface area contributed by atoms with Crippen LogP contribution in [0.2, 0.25) is 0 Å². The first-order valence-electron chi connectivity index (χ1n) is 5.98. The van der Waals surface area contributed by atoms with Crippen molar-refractivity contribution in [1.82, 2.24) is 4.90 Å². The summed E-state index contributed by atoms with van der Waals surface area (Å²) >= 11 is 0. The molecule has 1 atom stereocenters. The van der Waals surface area contributed by atoms with Crippen molar-refractivity contribution in [2.24, 2.45) is 5.92 Å². The van der Waals surface area contributed by atoms with Crippen molar-refractivity contribution in [3.05, 3.63) is 35.6 Å². The van der Waals surface area contributed by atoms with Gasteiger partial charge in [-0.05, 0) is 31.2 Å². The normalized spacial score (nSPS) is 12.8. The third kappa shape index (κ3) is 4.65. The summed E-state index contributed by atoms with van der Waals surface area (Å²) in [7, 11) is 1.91. The van der Waals surface area contributed by atoms with Crippen LogP contribution in [0, 0.1) is 11.7 Å². The first-order valence-corrected chi connectivity index (χ1v) is 5.98. The number of halogens is 1. The average Bonchev–Trinajstić information content (AvgIpc) is 2.30. The van der Waals surface area contributed by atoms with Gasteiger partial charge in [-0.25, -0.2) is 4.39 Å². The van der Waals surface area contributed by atoms with Crippen LogP contribution in [-0.2, 0) is 11.3 Å². The molecule has 0 saturated carbocycles. The van der Waals surface area contributed by atoms with Gasteiger partial charge in [-0.3, -0.25) is 9.69 Å². The van der Waals surface area contributed by atoms with Crippen LogP contribution < -0.4 is 0 Å². The standard InChI is InChI=1S/C14H20FNO/c1-4-11(2)14(17)10-16(3)9-12-5-7-13(15)8-6-12/h5-8,11H,4,9-10H2,1-3H3. The van der Waals surface area contributed by atoms with Gasteiger partial charge in [-0.2, -0.15) is 0 Å². The third-order valence-electron chi connectivity index (χ3n) is 2.95. The van der Waals surface area contributed by atoms with E-state index in [9.17, 15) is 9.18 Å². The summed E-state index contributed by atoms with van der Waals surface area (Å²) in [5.74, 6) is 0.148. The Balaban J connectivity index is 2.47. The second-order valence-electron chi connectivity index (χ2n) is 4.57. The summed E-state index contributed by atoms with van der Waals surface area (Å²) < 4.78 is 12.7. The Bertz CT molecular complexity index is 361. The Hall–Kier alpha value is -1.22. The van der Waals surface area contributed by atoms with Crippen LogP contribution in [0.1, 0.15) is 25.8 Å². The monoisotopic (exact) mass is 237 g/mol. The fraction of sp³-hybridized carbons (Fsp3) is 0.500. The van der Waals surface area contributed by atoms with Crippen LogP contribution in [0.15, 0.2) is 24.3 Å². The molecule has 0 aliphatic rings. The highest BCUT2D eigenvalue weighted by Crippen LogP contribution is 2.07. The van der Waals surface area contributed by atoms with E-state index in [0.29, 0.717) is 13.1 Å². The SMILES string of the molecule is CCC(C)C(=O)CN(C)Cc1ccc(F)cc1. The minimum absolute atomic E-state index is 0.116. The molecule has 0 aliphatic heterocycles. The molecule has 1 unspecified atom stereocenters. The predicted molar refractivity (Wildman–Crippen MR) is 67.2 cm³/mol. The van der Waals surface area contributed by atoms with Crippen molar-refractivity contribution in [3.8, 4) is 0 Å². The Labute approximate surface area is 102 Å². The second-order valence-corrected chi connectivity index (χ2v) is 4.57. The number of carbonyl (C=O) groups excluding carboxylic acids is 1. The molecule has 0 aliphatic carbocycles. The van der Waals surface area contributed by atoms with Gasteiger partial charge in [0.1, 0.15) is 11.6 Å². The van der Waals surface area contributed by atoms with Crippen molar-refractivity contribution >= 4 is 5.78 Å². The molecule has 1 aromatic carbocycles. The summed E-state index contributed by atoms with van der Waals surface area (Å²) in [6, 6.07) is 6.39. The van der Waals surface area contributed by atoms with E-state index >= 15 is 0 Å². The lowest BCUT2D eigenvalue weighted by Crippen LogP contribution is -2.28. The smallest absolute Gasteiger partial charge is 0.149 e. The van der Waals surface area contributed by atoms with Gasteiger partial charge in [0.2, 0.25) is 0 Å². The van der Waals surface area contributed by atoms with E-state index in [1.165, 1.54) is 12.1 Å². The summed E-state index contributed by atoms with van der Waals surface area (Å²) in [6.07, 6.45) is 0.878. The molecule has 17 heavy (non-hydrogen) atoms. The van der Waals surface area contributed by atoms with Crippen molar-refractivity contribution in [1.29, 1.82) is 0 Å². The van der Waals surface area contributed by atoms with Gasteiger partial charge >= 0.3 is 0 Å². The number of benzene rings is 1. The number of carbonyl (C=O) groups is 1. The summed E-state index contributed by atoms with van der Waals surface area (Å²) in [6.45, 7) is 5.09. The summed E-state index contributed by atoms with van der Waals surface area (Å²) in [5.41, 5.74) is 1.02. The van der Waals surface area contributed by atoms with Crippen molar-refractivity contribution in [2.75, 3.05) is 13.6 Å². The molecule has 0 N–H and O–H groups in total. The van der Waals surface area contributed by atoms with Crippen molar-refractivity contribution in [3.63, 3.8) is 0 Å². The molecular formula is C14H20FNO. The molecule has 0 amide bonds. The van der Waals surface area contributed by atoms with Gasteiger partial charge in [0, 0.05) is 12.5 Å². The highest BCUT2D eigenvalue weighted by atomic mass is 19.1. The lowest BCUT2D eigenvalue weighted by molar-refractivity contribution is -0.123. The van der Waals surface area contributed by atoms with Crippen LogP contribution in [0.4, 0.5) is 4.39 Å². The summed E-state index contributed by atoms with van der Waals surface area (Å²) in [4.78, 5) is 13.7. The number of hydrogen-bond donors (Lipinski definition) is 0. The van der Waals surface area contributed by atoms with Crippen molar-refractivity contribution in [2.45, 2.75) is 26.8 Å². The molecule has 94 valence electrons. The lowest BCUT2D eigenvalue weighted by atomic mass is 10.0. The van der Waals surface area contributed by atoms with Gasteiger partial charge in [-0.15, -0.1) is 0 Å². The highest BCUT2D eigenvalue weighted by molar-refractivity contribution is 5.82. The van der Waals surface area contributed by atoms with E-state index in [1.54, 1.807) is 12.1 Å². The maximum absolute atomic E-state index is 12.7. The van der Waals surface area contributed by atoms with Crippen LogP contribution in [0.25, 0.3) is 0 Å². The van der Waals surface area contributed by atoms with E-state index in [4.69, 9.17) is 0 Å². The predicted octanol–water partition coefficient (Wildman–Crippen LogP) is 2.87. The van der Waals surface area contributed by atoms with Gasteiger partial charge in [0.15, 0.2) is 0 Å². The third-order valence-corrected chi connectivity index (χ3v) is 2.95. The highest BCUT2D eigenvalue weighted by Gasteiger charge is 2.13. The van der Waals surface area contributed by atoms with E-state index in [-0.39, 0.29) is 17.5 Å². The van der Waals surface area contributed by atoms with E-state index in [2.05, 4.69) is 0 Å². The lowest BCUT2D eigenvalue weighted by Gasteiger charge is -2.17. The number of ketones is 1. The quantitative estimate of drug-likeness (QED) is 0.758. The molecule has 0 heterocycles. The molecule has 0 saturated heterocycles. The second kappa shape index (κ2) is 6.50. The van der Waals surface area contributed by atoms with E-state index < -0.39 is 0 Å². The molecule has 0 fully saturated rings. The van der Waals surface area contributed by atoms with Crippen molar-refractivity contribution < 1.29 is 9.18 Å². The Morgan fingerprint density at radius 1 is 1.35 bits per heavy atom. The Morgan fingerprint density at radius 3 is 2.47 bits per heavy atom. The van der Waals surface area contributed by atoms with Gasteiger partial charge in [0.25, 0.3) is 0 Å². The zero-order chi connectivity index (χ0) is 12.8. The average molecular weight is 237 g/mol. The van der Waals surface area contributed by atoms with E-state index in [1.807, 2.05) is 25.8 Å². The summed E-state index contributed by atoms with van der Waals surface area (Å²) in [5, 5.41) is 0. The van der Waals surface area contributed by atoms with Crippen LogP contribution in [0.3, 0.4) is 0 Å². The molecule has 2 nitrogen and oxygen atoms in total. The van der Waals surface area contributed by atoms with Gasteiger partial charge in [-0.1, -0.05) is 26.0 Å². The van der Waals surface area contributed by atoms with Crippen LogP contribution in [0.5, 0.6) is 0 Å². The molecule has 1 aromatic rings. The number of Topliss-reactive ketones (excluding diaryl/α,β-unsaturated/α-hetero) is 1. The zero-order valence-corrected chi connectivity index (χ0v) is 10.7. The minimum Gasteiger partial charge on any atom is -0.298 e.